The number of aliphatic hydroxyl groups excluding tert-OH is 3. The van der Waals surface area contributed by atoms with Crippen LogP contribution in [0, 0.1) is 10.1 Å². The maximum absolute atomic E-state index is 10.4. The Morgan fingerprint density at radius 3 is 2.60 bits per heavy atom. The van der Waals surface area contributed by atoms with E-state index >= 15 is 0 Å². The topological polar surface area (TPSA) is 104 Å². The molecule has 7 heteroatoms. The number of hydrogen-bond acceptors (Lipinski definition) is 6. The number of thiophene rings is 1. The zero-order valence-corrected chi connectivity index (χ0v) is 8.55. The Hall–Kier alpha value is -1.02. The van der Waals surface area contributed by atoms with Crippen LogP contribution in [-0.4, -0.2) is 33.0 Å². The maximum atomic E-state index is 10.4. The van der Waals surface area contributed by atoms with Crippen LogP contribution in [0.15, 0.2) is 12.1 Å². The predicted octanol–water partition coefficient (Wildman–Crippen LogP) is 0.433. The van der Waals surface area contributed by atoms with E-state index in [1.807, 2.05) is 0 Å². The van der Waals surface area contributed by atoms with Crippen LogP contribution in [0.4, 0.5) is 5.00 Å². The number of rotatable bonds is 5. The fourth-order valence-electron chi connectivity index (χ4n) is 1.08. The van der Waals surface area contributed by atoms with E-state index in [0.29, 0.717) is 4.88 Å². The highest BCUT2D eigenvalue weighted by Gasteiger charge is 2.22. The molecule has 1 aromatic rings. The third-order valence-electron chi connectivity index (χ3n) is 1.87. The first kappa shape index (κ1) is 12.1. The fraction of sp³-hybridized carbons (Fsp3) is 0.500. The molecule has 0 fully saturated rings. The molecule has 0 aliphatic carbocycles. The maximum Gasteiger partial charge on any atom is 0.324 e. The van der Waals surface area contributed by atoms with Gasteiger partial charge in [-0.2, -0.15) is 0 Å². The summed E-state index contributed by atoms with van der Waals surface area (Å²) in [7, 11) is 0. The molecule has 15 heavy (non-hydrogen) atoms. The smallest absolute Gasteiger partial charge is 0.324 e. The van der Waals surface area contributed by atoms with Crippen LogP contribution < -0.4 is 0 Å². The Labute approximate surface area is 89.6 Å². The molecule has 1 heterocycles. The molecule has 0 spiro atoms. The van der Waals surface area contributed by atoms with E-state index < -0.39 is 17.1 Å². The van der Waals surface area contributed by atoms with E-state index in [1.54, 1.807) is 0 Å². The van der Waals surface area contributed by atoms with Crippen molar-refractivity contribution >= 4 is 16.3 Å². The summed E-state index contributed by atoms with van der Waals surface area (Å²) in [5.41, 5.74) is 0. The summed E-state index contributed by atoms with van der Waals surface area (Å²) in [4.78, 5) is 10.1. The third kappa shape index (κ3) is 2.96. The Bertz CT molecular complexity index is 340. The molecule has 1 aromatic heterocycles. The van der Waals surface area contributed by atoms with Gasteiger partial charge in [-0.25, -0.2) is 0 Å². The number of nitro groups is 1. The lowest BCUT2D eigenvalue weighted by Crippen LogP contribution is -2.18. The quantitative estimate of drug-likeness (QED) is 0.505. The molecule has 0 bridgehead atoms. The lowest BCUT2D eigenvalue weighted by molar-refractivity contribution is -0.380. The summed E-state index contributed by atoms with van der Waals surface area (Å²) in [5.74, 6) is 0. The van der Waals surface area contributed by atoms with Gasteiger partial charge in [-0.1, -0.05) is 11.3 Å². The van der Waals surface area contributed by atoms with Gasteiger partial charge in [0, 0.05) is 17.6 Å². The van der Waals surface area contributed by atoms with Crippen LogP contribution in [-0.2, 0) is 0 Å². The predicted molar refractivity (Wildman–Crippen MR) is 53.6 cm³/mol. The van der Waals surface area contributed by atoms with E-state index in [1.165, 1.54) is 12.1 Å². The van der Waals surface area contributed by atoms with E-state index in [2.05, 4.69) is 0 Å². The first-order chi connectivity index (χ1) is 7.06. The van der Waals surface area contributed by atoms with Crippen molar-refractivity contribution in [1.82, 2.24) is 0 Å². The largest absolute Gasteiger partial charge is 0.396 e. The Kier molecular flexibility index (Phi) is 4.15. The summed E-state index contributed by atoms with van der Waals surface area (Å²) in [6.07, 6.45) is -2.25. The second kappa shape index (κ2) is 5.17. The minimum atomic E-state index is -1.18. The normalized spacial score (nSPS) is 14.9. The van der Waals surface area contributed by atoms with Crippen LogP contribution in [0.2, 0.25) is 0 Å². The molecular formula is C8H11NO5S. The molecule has 0 saturated heterocycles. The van der Waals surface area contributed by atoms with Crippen molar-refractivity contribution in [3.05, 3.63) is 27.1 Å². The summed E-state index contributed by atoms with van der Waals surface area (Å²) in [5, 5.41) is 37.7. The zero-order valence-electron chi connectivity index (χ0n) is 7.74. The molecule has 84 valence electrons. The molecular weight excluding hydrogens is 222 g/mol. The minimum absolute atomic E-state index is 0.0346. The highest BCUT2D eigenvalue weighted by molar-refractivity contribution is 7.15. The second-order valence-corrected chi connectivity index (χ2v) is 4.05. The summed E-state index contributed by atoms with van der Waals surface area (Å²) in [6, 6.07) is 2.67. The highest BCUT2D eigenvalue weighted by atomic mass is 32.1. The average Bonchev–Trinajstić information content (AvgIpc) is 2.65. The van der Waals surface area contributed by atoms with Gasteiger partial charge in [0.25, 0.3) is 0 Å². The molecule has 1 rings (SSSR count). The van der Waals surface area contributed by atoms with Gasteiger partial charge in [0.1, 0.15) is 6.10 Å². The van der Waals surface area contributed by atoms with Crippen molar-refractivity contribution in [2.24, 2.45) is 0 Å². The lowest BCUT2D eigenvalue weighted by atomic mass is 10.1. The fourth-order valence-corrected chi connectivity index (χ4v) is 1.95. The highest BCUT2D eigenvalue weighted by Crippen LogP contribution is 2.30. The van der Waals surface area contributed by atoms with Crippen molar-refractivity contribution < 1.29 is 20.2 Å². The van der Waals surface area contributed by atoms with E-state index in [9.17, 15) is 20.3 Å². The average molecular weight is 233 g/mol. The van der Waals surface area contributed by atoms with Gasteiger partial charge in [-0.15, -0.1) is 0 Å². The monoisotopic (exact) mass is 233 g/mol. The van der Waals surface area contributed by atoms with Crippen molar-refractivity contribution in [1.29, 1.82) is 0 Å². The van der Waals surface area contributed by atoms with E-state index in [0.717, 1.165) is 11.3 Å². The lowest BCUT2D eigenvalue weighted by Gasteiger charge is -2.14. The van der Waals surface area contributed by atoms with Crippen LogP contribution in [0.25, 0.3) is 0 Å². The van der Waals surface area contributed by atoms with Gasteiger partial charge >= 0.3 is 5.00 Å². The first-order valence-electron chi connectivity index (χ1n) is 4.27. The van der Waals surface area contributed by atoms with Crippen molar-refractivity contribution in [2.45, 2.75) is 18.6 Å². The minimum Gasteiger partial charge on any atom is -0.396 e. The molecule has 0 aliphatic heterocycles. The molecule has 2 atom stereocenters. The Balaban J connectivity index is 2.73. The van der Waals surface area contributed by atoms with Crippen LogP contribution in [0.5, 0.6) is 0 Å². The van der Waals surface area contributed by atoms with Gasteiger partial charge in [-0.3, -0.25) is 10.1 Å². The van der Waals surface area contributed by atoms with Crippen LogP contribution in [0.1, 0.15) is 17.4 Å². The molecule has 2 unspecified atom stereocenters. The summed E-state index contributed by atoms with van der Waals surface area (Å²) >= 11 is 0.813. The van der Waals surface area contributed by atoms with Crippen molar-refractivity contribution in [2.75, 3.05) is 6.61 Å². The standard InChI is InChI=1S/C8H11NO5S/c10-4-3-5(11)8(12)6-1-2-7(15-6)9(13)14/h1-2,5,8,10-12H,3-4H2. The molecule has 0 aromatic carbocycles. The van der Waals surface area contributed by atoms with Gasteiger partial charge in [-0.05, 0) is 12.5 Å². The Morgan fingerprint density at radius 1 is 1.47 bits per heavy atom. The molecule has 6 nitrogen and oxygen atoms in total. The zero-order chi connectivity index (χ0) is 11.4. The van der Waals surface area contributed by atoms with Gasteiger partial charge in [0.15, 0.2) is 0 Å². The van der Waals surface area contributed by atoms with Crippen LogP contribution in [0.3, 0.4) is 0 Å². The van der Waals surface area contributed by atoms with Crippen molar-refractivity contribution in [3.63, 3.8) is 0 Å². The van der Waals surface area contributed by atoms with Gasteiger partial charge < -0.3 is 15.3 Å². The summed E-state index contributed by atoms with van der Waals surface area (Å²) < 4.78 is 0. The SMILES string of the molecule is O=[N+]([O-])c1ccc(C(O)C(O)CCO)s1. The van der Waals surface area contributed by atoms with Gasteiger partial charge in [0.05, 0.1) is 11.0 Å². The molecule has 0 amide bonds. The third-order valence-corrected chi connectivity index (χ3v) is 2.98. The molecule has 3 N–H and O–H groups in total. The molecule has 0 aliphatic rings. The van der Waals surface area contributed by atoms with E-state index in [-0.39, 0.29) is 18.0 Å². The molecule has 0 radical (unpaired) electrons. The number of aliphatic hydroxyl groups is 3. The first-order valence-corrected chi connectivity index (χ1v) is 5.09. The second-order valence-electron chi connectivity index (χ2n) is 2.96. The summed E-state index contributed by atoms with van der Waals surface area (Å²) in [6.45, 7) is -0.244. The van der Waals surface area contributed by atoms with Crippen LogP contribution >= 0.6 is 11.3 Å². The molecule has 0 saturated carbocycles. The number of hydrogen-bond donors (Lipinski definition) is 3. The number of nitrogens with zero attached hydrogens (tertiary/aromatic N) is 1. The van der Waals surface area contributed by atoms with Gasteiger partial charge in [0.2, 0.25) is 0 Å². The Morgan fingerprint density at radius 2 is 2.13 bits per heavy atom. The van der Waals surface area contributed by atoms with E-state index in [4.69, 9.17) is 5.11 Å². The van der Waals surface area contributed by atoms with Crippen molar-refractivity contribution in [3.8, 4) is 0 Å².